The predicted molar refractivity (Wildman–Crippen MR) is 93.5 cm³/mol. The Bertz CT molecular complexity index is 747. The number of urea groups is 2. The van der Waals surface area contributed by atoms with Gasteiger partial charge in [-0.05, 0) is 32.0 Å². The van der Waals surface area contributed by atoms with E-state index in [-0.39, 0.29) is 24.1 Å². The molecule has 1 aliphatic heterocycles. The summed E-state index contributed by atoms with van der Waals surface area (Å²) in [6.07, 6.45) is 3.08. The molecule has 0 spiro atoms. The van der Waals surface area contributed by atoms with E-state index in [2.05, 4.69) is 26.0 Å². The van der Waals surface area contributed by atoms with Crippen LogP contribution in [-0.2, 0) is 0 Å². The molecule has 9 nitrogen and oxygen atoms in total. The summed E-state index contributed by atoms with van der Waals surface area (Å²) in [6, 6.07) is 6.57. The van der Waals surface area contributed by atoms with Crippen LogP contribution in [0.15, 0.2) is 36.9 Å². The molecule has 4 amide bonds. The minimum atomic E-state index is -0.317. The Labute approximate surface area is 145 Å². The van der Waals surface area contributed by atoms with Gasteiger partial charge in [0.2, 0.25) is 0 Å². The maximum atomic E-state index is 12.2. The minimum absolute atomic E-state index is 0.0344. The fourth-order valence-electron chi connectivity index (χ4n) is 2.62. The summed E-state index contributed by atoms with van der Waals surface area (Å²) in [5, 5.41) is 12.5. The Balaban J connectivity index is 1.60. The highest BCUT2D eigenvalue weighted by molar-refractivity contribution is 5.95. The maximum absolute atomic E-state index is 12.2. The van der Waals surface area contributed by atoms with Crippen LogP contribution in [0.5, 0.6) is 0 Å². The number of hydrogen-bond donors (Lipinski definition) is 3. The number of carbonyl (C=O) groups is 2. The highest BCUT2D eigenvalue weighted by Crippen LogP contribution is 2.21. The second-order valence-corrected chi connectivity index (χ2v) is 5.94. The molecule has 3 N–H and O–H groups in total. The number of hydrogen-bond acceptors (Lipinski definition) is 4. The van der Waals surface area contributed by atoms with Crippen LogP contribution in [0.3, 0.4) is 0 Å². The van der Waals surface area contributed by atoms with Crippen LogP contribution in [0.1, 0.15) is 19.9 Å². The molecule has 0 bridgehead atoms. The average Bonchev–Trinajstić information content (AvgIpc) is 3.25. The van der Waals surface area contributed by atoms with Crippen LogP contribution < -0.4 is 20.9 Å². The summed E-state index contributed by atoms with van der Waals surface area (Å²) in [5.41, 5.74) is 1.37. The summed E-state index contributed by atoms with van der Waals surface area (Å²) in [7, 11) is 0. The third-order valence-electron chi connectivity index (χ3n) is 4.21. The van der Waals surface area contributed by atoms with E-state index < -0.39 is 0 Å². The van der Waals surface area contributed by atoms with Crippen molar-refractivity contribution in [3.05, 3.63) is 36.9 Å². The predicted octanol–water partition coefficient (Wildman–Crippen LogP) is 1.58. The number of aromatic nitrogens is 3. The third kappa shape index (κ3) is 3.87. The molecule has 9 heteroatoms. The van der Waals surface area contributed by atoms with Gasteiger partial charge in [0.25, 0.3) is 0 Å². The van der Waals surface area contributed by atoms with Gasteiger partial charge in [-0.15, -0.1) is 0 Å². The normalized spacial score (nSPS) is 16.2. The van der Waals surface area contributed by atoms with Gasteiger partial charge in [-0.2, -0.15) is 5.10 Å². The van der Waals surface area contributed by atoms with Crippen LogP contribution >= 0.6 is 0 Å². The van der Waals surface area contributed by atoms with Crippen LogP contribution in [0, 0.1) is 0 Å². The third-order valence-corrected chi connectivity index (χ3v) is 4.21. The van der Waals surface area contributed by atoms with Gasteiger partial charge >= 0.3 is 12.1 Å². The molecule has 25 heavy (non-hydrogen) atoms. The van der Waals surface area contributed by atoms with Crippen LogP contribution in [-0.4, -0.2) is 46.0 Å². The molecule has 3 rings (SSSR count). The summed E-state index contributed by atoms with van der Waals surface area (Å²) in [6.45, 7) is 5.08. The van der Waals surface area contributed by atoms with E-state index in [0.29, 0.717) is 18.8 Å². The Morgan fingerprint density at radius 2 is 2.20 bits per heavy atom. The van der Waals surface area contributed by atoms with Crippen molar-refractivity contribution in [2.45, 2.75) is 25.9 Å². The zero-order chi connectivity index (χ0) is 17.8. The summed E-state index contributed by atoms with van der Waals surface area (Å²) in [4.78, 5) is 29.5. The van der Waals surface area contributed by atoms with Gasteiger partial charge in [-0.1, -0.05) is 6.07 Å². The van der Waals surface area contributed by atoms with Crippen molar-refractivity contribution in [1.82, 2.24) is 25.4 Å². The number of nitrogens with zero attached hydrogens (tertiary/aromatic N) is 4. The van der Waals surface area contributed by atoms with Crippen molar-refractivity contribution < 1.29 is 9.59 Å². The molecule has 1 aliphatic rings. The monoisotopic (exact) mass is 343 g/mol. The molecular formula is C16H21N7O2. The zero-order valence-electron chi connectivity index (χ0n) is 14.1. The van der Waals surface area contributed by atoms with E-state index in [4.69, 9.17) is 0 Å². The van der Waals surface area contributed by atoms with E-state index in [1.165, 1.54) is 6.33 Å². The van der Waals surface area contributed by atoms with E-state index in [1.807, 2.05) is 19.9 Å². The number of rotatable bonds is 5. The first kappa shape index (κ1) is 16.7. The fraction of sp³-hybridized carbons (Fsp3) is 0.375. The van der Waals surface area contributed by atoms with E-state index >= 15 is 0 Å². The van der Waals surface area contributed by atoms with Gasteiger partial charge in [-0.25, -0.2) is 19.3 Å². The molecule has 0 radical (unpaired) electrons. The Hall–Kier alpha value is -3.10. The first-order valence-corrected chi connectivity index (χ1v) is 8.11. The lowest BCUT2D eigenvalue weighted by molar-refractivity contribution is 0.244. The van der Waals surface area contributed by atoms with Gasteiger partial charge < -0.3 is 16.0 Å². The zero-order valence-corrected chi connectivity index (χ0v) is 14.1. The Kier molecular flexibility index (Phi) is 4.82. The van der Waals surface area contributed by atoms with E-state index in [0.717, 1.165) is 5.69 Å². The van der Waals surface area contributed by atoms with E-state index in [9.17, 15) is 9.59 Å². The molecule has 2 heterocycles. The van der Waals surface area contributed by atoms with Gasteiger partial charge in [-0.3, -0.25) is 4.90 Å². The molecule has 1 saturated heterocycles. The fourth-order valence-corrected chi connectivity index (χ4v) is 2.62. The minimum Gasteiger partial charge on any atom is -0.336 e. The lowest BCUT2D eigenvalue weighted by Gasteiger charge is -2.21. The largest absolute Gasteiger partial charge is 0.336 e. The smallest absolute Gasteiger partial charge is 0.321 e. The molecule has 2 atom stereocenters. The molecule has 0 saturated carbocycles. The standard InChI is InChI=1S/C16H21N7O2/c1-11(12(2)23-10-17-9-19-23)20-15(24)21-13-4-3-5-14(8-13)22-7-6-18-16(22)25/h3-5,8-12H,6-7H2,1-2H3,(H,18,25)(H2,20,21,24)/t11-,12+/m1/s1. The van der Waals surface area contributed by atoms with Crippen LogP contribution in [0.25, 0.3) is 0 Å². The number of nitrogens with one attached hydrogen (secondary N) is 3. The molecule has 1 aromatic heterocycles. The van der Waals surface area contributed by atoms with Crippen molar-refractivity contribution >= 4 is 23.4 Å². The first-order chi connectivity index (χ1) is 12.0. The Morgan fingerprint density at radius 3 is 2.88 bits per heavy atom. The SMILES string of the molecule is C[C@@H](NC(=O)Nc1cccc(N2CCNC2=O)c1)[C@H](C)n1cncn1. The van der Waals surface area contributed by atoms with Crippen molar-refractivity contribution in [3.8, 4) is 0 Å². The van der Waals surface area contributed by atoms with E-state index in [1.54, 1.807) is 34.1 Å². The molecular weight excluding hydrogens is 322 g/mol. The maximum Gasteiger partial charge on any atom is 0.321 e. The number of amides is 4. The van der Waals surface area contributed by atoms with Crippen molar-refractivity contribution in [3.63, 3.8) is 0 Å². The van der Waals surface area contributed by atoms with Gasteiger partial charge in [0.1, 0.15) is 12.7 Å². The summed E-state index contributed by atoms with van der Waals surface area (Å²) < 4.78 is 1.69. The molecule has 0 aliphatic carbocycles. The second kappa shape index (κ2) is 7.20. The van der Waals surface area contributed by atoms with Crippen molar-refractivity contribution in [2.75, 3.05) is 23.3 Å². The second-order valence-electron chi connectivity index (χ2n) is 5.94. The first-order valence-electron chi connectivity index (χ1n) is 8.11. The highest BCUT2D eigenvalue weighted by atomic mass is 16.2. The summed E-state index contributed by atoms with van der Waals surface area (Å²) in [5.74, 6) is 0. The number of anilines is 2. The van der Waals surface area contributed by atoms with Gasteiger partial charge in [0, 0.05) is 30.5 Å². The molecule has 1 aromatic carbocycles. The molecule has 1 fully saturated rings. The molecule has 0 unspecified atom stereocenters. The number of benzene rings is 1. The van der Waals surface area contributed by atoms with Gasteiger partial charge in [0.05, 0.1) is 6.04 Å². The molecule has 132 valence electrons. The highest BCUT2D eigenvalue weighted by Gasteiger charge is 2.21. The van der Waals surface area contributed by atoms with Crippen LogP contribution in [0.2, 0.25) is 0 Å². The van der Waals surface area contributed by atoms with Crippen molar-refractivity contribution in [1.29, 1.82) is 0 Å². The quantitative estimate of drug-likeness (QED) is 0.766. The van der Waals surface area contributed by atoms with Crippen molar-refractivity contribution in [2.24, 2.45) is 0 Å². The topological polar surface area (TPSA) is 104 Å². The van der Waals surface area contributed by atoms with Crippen LogP contribution in [0.4, 0.5) is 21.0 Å². The molecule has 2 aromatic rings. The lowest BCUT2D eigenvalue weighted by atomic mass is 10.2. The number of carbonyl (C=O) groups excluding carboxylic acids is 2. The summed E-state index contributed by atoms with van der Waals surface area (Å²) >= 11 is 0. The van der Waals surface area contributed by atoms with Gasteiger partial charge in [0.15, 0.2) is 0 Å². The average molecular weight is 343 g/mol. The lowest BCUT2D eigenvalue weighted by Crippen LogP contribution is -2.40. The Morgan fingerprint density at radius 1 is 1.36 bits per heavy atom.